The van der Waals surface area contributed by atoms with Crippen molar-refractivity contribution in [2.75, 3.05) is 5.32 Å². The highest BCUT2D eigenvalue weighted by Crippen LogP contribution is 2.16. The summed E-state index contributed by atoms with van der Waals surface area (Å²) in [5, 5.41) is 3.37. The van der Waals surface area contributed by atoms with Crippen LogP contribution in [-0.2, 0) is 0 Å². The molecule has 70 valence electrons. The topological polar surface area (TPSA) is 12.0 Å². The Morgan fingerprint density at radius 2 is 2.08 bits per heavy atom. The minimum Gasteiger partial charge on any atom is -0.379 e. The van der Waals surface area contributed by atoms with Gasteiger partial charge in [-0.05, 0) is 32.4 Å². The van der Waals surface area contributed by atoms with E-state index in [0.717, 1.165) is 0 Å². The molecule has 0 heterocycles. The van der Waals surface area contributed by atoms with E-state index >= 15 is 0 Å². The van der Waals surface area contributed by atoms with Gasteiger partial charge in [0.25, 0.3) is 0 Å². The summed E-state index contributed by atoms with van der Waals surface area (Å²) in [6, 6.07) is 6.73. The fourth-order valence-corrected chi connectivity index (χ4v) is 1.28. The Balaban J connectivity index is 2.83. The molecule has 1 rings (SSSR count). The lowest BCUT2D eigenvalue weighted by atomic mass is 10.1. The molecule has 1 atom stereocenters. The Labute approximate surface area is 80.5 Å². The Bertz CT molecular complexity index is 302. The number of anilines is 1. The summed E-state index contributed by atoms with van der Waals surface area (Å²) >= 11 is 0. The maximum Gasteiger partial charge on any atom is 0.0413 e. The van der Waals surface area contributed by atoms with E-state index in [0.29, 0.717) is 6.04 Å². The monoisotopic (exact) mass is 175 g/mol. The molecule has 1 unspecified atom stereocenters. The highest BCUT2D eigenvalue weighted by molar-refractivity contribution is 5.52. The van der Waals surface area contributed by atoms with Crippen LogP contribution in [-0.4, -0.2) is 6.04 Å². The number of aryl methyl sites for hydroxylation is 2. The molecule has 1 nitrogen and oxygen atoms in total. The second-order valence-electron chi connectivity index (χ2n) is 3.49. The van der Waals surface area contributed by atoms with Crippen LogP contribution in [0.3, 0.4) is 0 Å². The first-order valence-corrected chi connectivity index (χ1v) is 4.60. The Morgan fingerprint density at radius 3 is 2.62 bits per heavy atom. The molecule has 0 spiro atoms. The molecule has 0 saturated carbocycles. The van der Waals surface area contributed by atoms with Gasteiger partial charge in [0.2, 0.25) is 0 Å². The first-order chi connectivity index (χ1) is 6.13. The zero-order valence-electron chi connectivity index (χ0n) is 8.59. The van der Waals surface area contributed by atoms with Gasteiger partial charge in [0.05, 0.1) is 0 Å². The first kappa shape index (κ1) is 9.85. The SMILES string of the molecule is C=CC(C)Nc1ccc(C)cc1C. The summed E-state index contributed by atoms with van der Waals surface area (Å²) in [5.41, 5.74) is 3.78. The highest BCUT2D eigenvalue weighted by Gasteiger charge is 1.99. The van der Waals surface area contributed by atoms with Gasteiger partial charge in [-0.1, -0.05) is 23.8 Å². The fraction of sp³-hybridized carbons (Fsp3) is 0.333. The van der Waals surface area contributed by atoms with Crippen molar-refractivity contribution in [1.29, 1.82) is 0 Å². The van der Waals surface area contributed by atoms with Gasteiger partial charge in [-0.25, -0.2) is 0 Å². The molecule has 0 saturated heterocycles. The van der Waals surface area contributed by atoms with Crippen molar-refractivity contribution < 1.29 is 0 Å². The van der Waals surface area contributed by atoms with E-state index in [1.54, 1.807) is 0 Å². The molecular formula is C12H17N. The molecule has 0 aromatic heterocycles. The minimum atomic E-state index is 0.321. The Morgan fingerprint density at radius 1 is 1.38 bits per heavy atom. The van der Waals surface area contributed by atoms with Crippen molar-refractivity contribution in [2.24, 2.45) is 0 Å². The molecule has 0 radical (unpaired) electrons. The molecule has 0 bridgehead atoms. The molecule has 0 aliphatic rings. The Hall–Kier alpha value is -1.24. The van der Waals surface area contributed by atoms with Crippen LogP contribution in [0.1, 0.15) is 18.1 Å². The van der Waals surface area contributed by atoms with Gasteiger partial charge in [0.15, 0.2) is 0 Å². The lowest BCUT2D eigenvalue weighted by Gasteiger charge is -2.13. The highest BCUT2D eigenvalue weighted by atomic mass is 14.9. The van der Waals surface area contributed by atoms with Gasteiger partial charge >= 0.3 is 0 Å². The van der Waals surface area contributed by atoms with Crippen molar-refractivity contribution in [3.63, 3.8) is 0 Å². The molecule has 1 aromatic carbocycles. The standard InChI is InChI=1S/C12H17N/c1-5-11(4)13-12-7-6-9(2)8-10(12)3/h5-8,11,13H,1H2,2-4H3. The molecule has 0 aliphatic heterocycles. The third-order valence-electron chi connectivity index (χ3n) is 2.12. The van der Waals surface area contributed by atoms with Crippen LogP contribution in [0.5, 0.6) is 0 Å². The summed E-state index contributed by atoms with van der Waals surface area (Å²) in [7, 11) is 0. The van der Waals surface area contributed by atoms with E-state index in [4.69, 9.17) is 0 Å². The smallest absolute Gasteiger partial charge is 0.0413 e. The van der Waals surface area contributed by atoms with Crippen molar-refractivity contribution in [1.82, 2.24) is 0 Å². The van der Waals surface area contributed by atoms with Crippen LogP contribution in [0, 0.1) is 13.8 Å². The number of hydrogen-bond donors (Lipinski definition) is 1. The van der Waals surface area contributed by atoms with E-state index in [-0.39, 0.29) is 0 Å². The molecule has 1 heteroatoms. The van der Waals surface area contributed by atoms with Crippen molar-refractivity contribution in [3.8, 4) is 0 Å². The largest absolute Gasteiger partial charge is 0.379 e. The van der Waals surface area contributed by atoms with E-state index in [1.165, 1.54) is 16.8 Å². The van der Waals surface area contributed by atoms with Gasteiger partial charge in [0, 0.05) is 11.7 Å². The molecule has 0 aliphatic carbocycles. The molecular weight excluding hydrogens is 158 g/mol. The van der Waals surface area contributed by atoms with Crippen LogP contribution >= 0.6 is 0 Å². The number of benzene rings is 1. The van der Waals surface area contributed by atoms with Crippen LogP contribution in [0.2, 0.25) is 0 Å². The summed E-state index contributed by atoms with van der Waals surface area (Å²) in [6.07, 6.45) is 1.90. The fourth-order valence-electron chi connectivity index (χ4n) is 1.28. The predicted octanol–water partition coefficient (Wildman–Crippen LogP) is 3.29. The zero-order valence-corrected chi connectivity index (χ0v) is 8.59. The lowest BCUT2D eigenvalue weighted by Crippen LogP contribution is -2.12. The van der Waals surface area contributed by atoms with Crippen molar-refractivity contribution >= 4 is 5.69 Å². The van der Waals surface area contributed by atoms with Gasteiger partial charge in [0.1, 0.15) is 0 Å². The third-order valence-corrected chi connectivity index (χ3v) is 2.12. The van der Waals surface area contributed by atoms with Crippen LogP contribution < -0.4 is 5.32 Å². The number of rotatable bonds is 3. The second-order valence-corrected chi connectivity index (χ2v) is 3.49. The van der Waals surface area contributed by atoms with Gasteiger partial charge in [-0.15, -0.1) is 6.58 Å². The normalized spacial score (nSPS) is 12.2. The van der Waals surface area contributed by atoms with E-state index in [1.807, 2.05) is 6.08 Å². The van der Waals surface area contributed by atoms with Crippen LogP contribution in [0.4, 0.5) is 5.69 Å². The van der Waals surface area contributed by atoms with Crippen molar-refractivity contribution in [3.05, 3.63) is 42.0 Å². The third kappa shape index (κ3) is 2.62. The summed E-state index contributed by atoms with van der Waals surface area (Å²) in [4.78, 5) is 0. The molecule has 0 amide bonds. The van der Waals surface area contributed by atoms with Gasteiger partial charge in [-0.2, -0.15) is 0 Å². The van der Waals surface area contributed by atoms with E-state index in [9.17, 15) is 0 Å². The van der Waals surface area contributed by atoms with Gasteiger partial charge in [-0.3, -0.25) is 0 Å². The lowest BCUT2D eigenvalue weighted by molar-refractivity contribution is 0.997. The van der Waals surface area contributed by atoms with Crippen LogP contribution in [0.25, 0.3) is 0 Å². The predicted molar refractivity (Wildman–Crippen MR) is 59.2 cm³/mol. The molecule has 13 heavy (non-hydrogen) atoms. The van der Waals surface area contributed by atoms with E-state index in [2.05, 4.69) is 50.9 Å². The number of nitrogens with one attached hydrogen (secondary N) is 1. The molecule has 1 aromatic rings. The molecule has 1 N–H and O–H groups in total. The van der Waals surface area contributed by atoms with Crippen LogP contribution in [0.15, 0.2) is 30.9 Å². The maximum absolute atomic E-state index is 3.74. The average Bonchev–Trinajstić information content (AvgIpc) is 2.09. The quantitative estimate of drug-likeness (QED) is 0.695. The Kier molecular flexibility index (Phi) is 3.13. The first-order valence-electron chi connectivity index (χ1n) is 4.60. The maximum atomic E-state index is 3.74. The van der Waals surface area contributed by atoms with E-state index < -0.39 is 0 Å². The zero-order chi connectivity index (χ0) is 9.84. The second kappa shape index (κ2) is 4.13. The van der Waals surface area contributed by atoms with Gasteiger partial charge < -0.3 is 5.32 Å². The summed E-state index contributed by atoms with van der Waals surface area (Å²) < 4.78 is 0. The minimum absolute atomic E-state index is 0.321. The summed E-state index contributed by atoms with van der Waals surface area (Å²) in [5.74, 6) is 0. The average molecular weight is 175 g/mol. The van der Waals surface area contributed by atoms with Crippen molar-refractivity contribution in [2.45, 2.75) is 26.8 Å². The molecule has 0 fully saturated rings. The summed E-state index contributed by atoms with van der Waals surface area (Å²) in [6.45, 7) is 10.1. The number of hydrogen-bond acceptors (Lipinski definition) is 1.